The molecule has 0 amide bonds. The quantitative estimate of drug-likeness (QED) is 0.114. The van der Waals surface area contributed by atoms with Crippen LogP contribution in [-0.2, 0) is 96.8 Å². The second-order valence-corrected chi connectivity index (χ2v) is 14.8. The van der Waals surface area contributed by atoms with E-state index in [-0.39, 0.29) is 21.1 Å². The van der Waals surface area contributed by atoms with Crippen molar-refractivity contribution in [2.24, 2.45) is 0 Å². The molecule has 6 nitrogen and oxygen atoms in total. The van der Waals surface area contributed by atoms with E-state index in [0.29, 0.717) is 25.9 Å². The summed E-state index contributed by atoms with van der Waals surface area (Å²) in [6.45, 7) is 35.7. The summed E-state index contributed by atoms with van der Waals surface area (Å²) < 4.78 is 3.47. The predicted octanol–water partition coefficient (Wildman–Crippen LogP) is 6.96. The Kier molecular flexibility index (Phi) is 63.1. The summed E-state index contributed by atoms with van der Waals surface area (Å²) in [6.07, 6.45) is 0. The number of rotatable bonds is 12. The van der Waals surface area contributed by atoms with Crippen LogP contribution in [0.4, 0.5) is 0 Å². The molecule has 19 heteroatoms. The van der Waals surface area contributed by atoms with Crippen molar-refractivity contribution in [1.82, 2.24) is 29.4 Å². The first kappa shape index (κ1) is 65.3. The van der Waals surface area contributed by atoms with E-state index in [1.165, 1.54) is 0 Å². The Bertz CT molecular complexity index is 649. The van der Waals surface area contributed by atoms with E-state index in [9.17, 15) is 0 Å². The van der Waals surface area contributed by atoms with Gasteiger partial charge in [-0.05, 0) is 83.1 Å². The van der Waals surface area contributed by atoms with Gasteiger partial charge in [0, 0.05) is 78.5 Å². The molecule has 0 aliphatic heterocycles. The Balaban J connectivity index is -0.0000000860. The van der Waals surface area contributed by atoms with Gasteiger partial charge in [-0.25, -0.2) is 0 Å². The van der Waals surface area contributed by atoms with E-state index in [4.69, 9.17) is 149 Å². The molecule has 0 aromatic carbocycles. The first-order valence-corrected chi connectivity index (χ1v) is 21.0. The van der Waals surface area contributed by atoms with Crippen molar-refractivity contribution in [1.29, 1.82) is 0 Å². The standard InChI is InChI=1S/6C5H11NS2.Mo/c6*1-3-6(4-2)5(7)8;/h6*3-4H2,1-2H3,(H,7,8);/q;;;;;;+6/p-6. The maximum atomic E-state index is 4.76. The van der Waals surface area contributed by atoms with E-state index >= 15 is 0 Å². The van der Waals surface area contributed by atoms with Gasteiger partial charge in [0.15, 0.2) is 0 Å². The van der Waals surface area contributed by atoms with Crippen LogP contribution in [0, 0.1) is 0 Å². The van der Waals surface area contributed by atoms with Gasteiger partial charge in [-0.1, -0.05) is 25.9 Å². The smallest absolute Gasteiger partial charge is 0.411 e. The Morgan fingerprint density at radius 3 is 0.327 bits per heavy atom. The van der Waals surface area contributed by atoms with Crippen molar-refractivity contribution in [2.45, 2.75) is 83.1 Å². The average Bonchev–Trinajstić information content (AvgIpc) is 3.01. The van der Waals surface area contributed by atoms with Crippen molar-refractivity contribution >= 4 is 175 Å². The van der Waals surface area contributed by atoms with Gasteiger partial charge < -0.3 is 178 Å². The van der Waals surface area contributed by atoms with E-state index < -0.39 is 0 Å². The van der Waals surface area contributed by atoms with E-state index in [0.717, 1.165) is 78.5 Å². The van der Waals surface area contributed by atoms with Gasteiger partial charge in [-0.3, -0.25) is 0 Å². The zero-order valence-electron chi connectivity index (χ0n) is 31.5. The Hall–Kier alpha value is 1.35. The van der Waals surface area contributed by atoms with Gasteiger partial charge in [0.2, 0.25) is 0 Å². The van der Waals surface area contributed by atoms with Crippen LogP contribution in [0.3, 0.4) is 0 Å². The fourth-order valence-corrected chi connectivity index (χ4v) is 5.99. The second-order valence-electron chi connectivity index (χ2n) is 8.63. The first-order valence-electron chi connectivity index (χ1n) is 16.1. The number of hydrogen-bond donors (Lipinski definition) is 0. The SMILES string of the molecule is CCN(CC)C(=S)[S-].CCN(CC)C(=S)[S-].CCN(CC)C(=S)[S-].CCN(CC)C(=S)[S-].CCN(CC)C(=S)[S-].CCN(CC)C(=S)[S-].[Mo+6]. The average molecular weight is 986 g/mol. The molecule has 288 valence electrons. The van der Waals surface area contributed by atoms with Crippen LogP contribution in [0.5, 0.6) is 0 Å². The molecule has 0 fully saturated rings. The molecule has 0 unspecified atom stereocenters. The van der Waals surface area contributed by atoms with E-state index in [1.54, 1.807) is 0 Å². The minimum Gasteiger partial charge on any atom is -0.411 e. The molecule has 0 bridgehead atoms. The van der Waals surface area contributed by atoms with Crippen LogP contribution < -0.4 is 0 Å². The maximum absolute atomic E-state index is 4.76. The van der Waals surface area contributed by atoms with E-state index in [1.807, 2.05) is 112 Å². The summed E-state index contributed by atoms with van der Waals surface area (Å²) in [7, 11) is 0. The molecule has 0 rings (SSSR count). The van der Waals surface area contributed by atoms with Gasteiger partial charge in [0.1, 0.15) is 0 Å². The largest absolute Gasteiger partial charge is 6.00 e. The monoisotopic (exact) mass is 986 g/mol. The Morgan fingerprint density at radius 2 is 0.327 bits per heavy atom. The van der Waals surface area contributed by atoms with E-state index in [2.05, 4.69) is 0 Å². The summed E-state index contributed by atoms with van der Waals surface area (Å²) >= 11 is 57.1. The van der Waals surface area contributed by atoms with Gasteiger partial charge in [0.25, 0.3) is 0 Å². The molecule has 0 atom stereocenters. The number of thiocarbonyl (C=S) groups is 6. The molecule has 0 heterocycles. The minimum absolute atomic E-state index is 0. The van der Waals surface area contributed by atoms with Crippen LogP contribution in [0.25, 0.3) is 0 Å². The third kappa shape index (κ3) is 45.4. The fourth-order valence-electron chi connectivity index (χ4n) is 2.89. The molecular formula is C30H60MoN6S12. The molecule has 49 heavy (non-hydrogen) atoms. The van der Waals surface area contributed by atoms with Gasteiger partial charge >= 0.3 is 21.1 Å². The molecule has 0 aromatic heterocycles. The third-order valence-electron chi connectivity index (χ3n) is 6.13. The van der Waals surface area contributed by atoms with Crippen molar-refractivity contribution in [3.8, 4) is 0 Å². The zero-order chi connectivity index (χ0) is 39.4. The second kappa shape index (κ2) is 47.4. The molecule has 0 radical (unpaired) electrons. The van der Waals surface area contributed by atoms with Crippen molar-refractivity contribution in [3.63, 3.8) is 0 Å². The topological polar surface area (TPSA) is 19.4 Å². The van der Waals surface area contributed by atoms with Gasteiger partial charge in [-0.2, -0.15) is 0 Å². The van der Waals surface area contributed by atoms with Crippen LogP contribution in [0.15, 0.2) is 0 Å². The summed E-state index contributed by atoms with van der Waals surface area (Å²) in [5.74, 6) is 0. The Morgan fingerprint density at radius 1 is 0.265 bits per heavy atom. The van der Waals surface area contributed by atoms with Crippen LogP contribution in [-0.4, -0.2) is 134 Å². The van der Waals surface area contributed by atoms with Crippen LogP contribution in [0.1, 0.15) is 83.1 Å². The molecule has 0 aromatic rings. The van der Waals surface area contributed by atoms with Crippen molar-refractivity contribution in [2.75, 3.05) is 78.5 Å². The molecule has 0 aliphatic rings. The first-order chi connectivity index (χ1) is 22.3. The predicted molar refractivity (Wildman–Crippen MR) is 257 cm³/mol. The molecule has 0 saturated heterocycles. The van der Waals surface area contributed by atoms with Crippen molar-refractivity contribution < 1.29 is 21.1 Å². The third-order valence-corrected chi connectivity index (χ3v) is 9.23. The van der Waals surface area contributed by atoms with Crippen LogP contribution >= 0.6 is 73.3 Å². The molecular weight excluding hydrogens is 925 g/mol. The van der Waals surface area contributed by atoms with Crippen molar-refractivity contribution in [3.05, 3.63) is 0 Å². The molecule has 0 N–H and O–H groups in total. The maximum Gasteiger partial charge on any atom is 6.00 e. The molecule has 0 saturated carbocycles. The van der Waals surface area contributed by atoms with Crippen LogP contribution in [0.2, 0.25) is 0 Å². The minimum atomic E-state index is 0. The Labute approximate surface area is 382 Å². The van der Waals surface area contributed by atoms with Gasteiger partial charge in [0.05, 0.1) is 0 Å². The summed E-state index contributed by atoms with van der Waals surface area (Å²) in [4.78, 5) is 11.8. The number of hydrogen-bond acceptors (Lipinski definition) is 12. The summed E-state index contributed by atoms with van der Waals surface area (Å²) in [5.41, 5.74) is 0. The summed E-state index contributed by atoms with van der Waals surface area (Å²) in [5, 5.41) is 0. The number of nitrogens with zero attached hydrogens (tertiary/aromatic N) is 6. The normalized spacial score (nSPS) is 8.57. The molecule has 0 aliphatic carbocycles. The summed E-state index contributed by atoms with van der Waals surface area (Å²) in [6, 6.07) is 0. The fraction of sp³-hybridized carbons (Fsp3) is 0.800. The zero-order valence-corrected chi connectivity index (χ0v) is 43.3. The van der Waals surface area contributed by atoms with Gasteiger partial charge in [-0.15, -0.1) is 0 Å². The molecule has 0 spiro atoms.